The molecular weight excluding hydrogens is 463 g/mol. The smallest absolute Gasteiger partial charge is 0.272 e. The summed E-state index contributed by atoms with van der Waals surface area (Å²) in [4.78, 5) is 30.7. The van der Waals surface area contributed by atoms with Crippen LogP contribution in [0.15, 0.2) is 30.3 Å². The molecule has 0 saturated carbocycles. The molecule has 4 rings (SSSR count). The number of ether oxygens (including phenoxy) is 2. The standard InChI is InChI=1S/C27H37FN4O4/c1-4-32-24(16-23(29-32)20(2)3)26(34)31-11-5-10-27(18-31,17-25(33)30-12-14-35-15-13-30)19-36-22-8-6-21(28)7-9-22/h6-9,16,20H,4-5,10-15,17-19H2,1-3H3/t27-/m0/s1. The molecule has 2 fully saturated rings. The van der Waals surface area contributed by atoms with E-state index in [1.165, 1.54) is 12.1 Å². The van der Waals surface area contributed by atoms with Gasteiger partial charge in [-0.15, -0.1) is 0 Å². The van der Waals surface area contributed by atoms with Crippen LogP contribution in [0.4, 0.5) is 4.39 Å². The highest BCUT2D eigenvalue weighted by molar-refractivity contribution is 5.93. The molecule has 0 radical (unpaired) electrons. The normalized spacial score (nSPS) is 20.6. The zero-order valence-corrected chi connectivity index (χ0v) is 21.5. The Hall–Kier alpha value is -2.94. The lowest BCUT2D eigenvalue weighted by atomic mass is 9.77. The molecule has 0 unspecified atom stereocenters. The van der Waals surface area contributed by atoms with E-state index >= 15 is 0 Å². The number of carbonyl (C=O) groups excluding carboxylic acids is 2. The Morgan fingerprint density at radius 2 is 1.86 bits per heavy atom. The molecule has 2 aromatic rings. The van der Waals surface area contributed by atoms with Crippen molar-refractivity contribution in [2.24, 2.45) is 5.41 Å². The highest BCUT2D eigenvalue weighted by Crippen LogP contribution is 2.36. The molecule has 0 aliphatic carbocycles. The van der Waals surface area contributed by atoms with Crippen LogP contribution in [-0.2, 0) is 16.1 Å². The van der Waals surface area contributed by atoms with Crippen LogP contribution in [0.3, 0.4) is 0 Å². The van der Waals surface area contributed by atoms with E-state index in [0.29, 0.717) is 57.4 Å². The van der Waals surface area contributed by atoms with Gasteiger partial charge in [-0.2, -0.15) is 5.10 Å². The quantitative estimate of drug-likeness (QED) is 0.552. The average molecular weight is 501 g/mol. The lowest BCUT2D eigenvalue weighted by molar-refractivity contribution is -0.139. The lowest BCUT2D eigenvalue weighted by Gasteiger charge is -2.43. The Bertz CT molecular complexity index is 1050. The van der Waals surface area contributed by atoms with E-state index in [-0.39, 0.29) is 36.6 Å². The highest BCUT2D eigenvalue weighted by Gasteiger charge is 2.41. The number of hydrogen-bond donors (Lipinski definition) is 0. The number of morpholine rings is 1. The average Bonchev–Trinajstić information content (AvgIpc) is 3.34. The molecule has 0 spiro atoms. The number of likely N-dealkylation sites (tertiary alicyclic amines) is 1. The van der Waals surface area contributed by atoms with Crippen molar-refractivity contribution in [3.63, 3.8) is 0 Å². The molecule has 1 aromatic carbocycles. The largest absolute Gasteiger partial charge is 0.493 e. The van der Waals surface area contributed by atoms with E-state index in [1.54, 1.807) is 16.8 Å². The van der Waals surface area contributed by atoms with Gasteiger partial charge in [-0.1, -0.05) is 13.8 Å². The number of amides is 2. The monoisotopic (exact) mass is 500 g/mol. The fraction of sp³-hybridized carbons (Fsp3) is 0.593. The molecule has 2 aliphatic rings. The molecule has 0 bridgehead atoms. The summed E-state index contributed by atoms with van der Waals surface area (Å²) in [5.74, 6) is 0.419. The summed E-state index contributed by atoms with van der Waals surface area (Å²) in [5.41, 5.74) is 0.928. The van der Waals surface area contributed by atoms with Gasteiger partial charge in [-0.3, -0.25) is 14.3 Å². The minimum Gasteiger partial charge on any atom is -0.493 e. The van der Waals surface area contributed by atoms with E-state index < -0.39 is 5.41 Å². The summed E-state index contributed by atoms with van der Waals surface area (Å²) < 4.78 is 26.6. The Morgan fingerprint density at radius 1 is 1.14 bits per heavy atom. The molecule has 196 valence electrons. The van der Waals surface area contributed by atoms with E-state index in [4.69, 9.17) is 9.47 Å². The van der Waals surface area contributed by atoms with Gasteiger partial charge in [0.05, 0.1) is 25.5 Å². The number of benzene rings is 1. The molecule has 1 atom stereocenters. The van der Waals surface area contributed by atoms with Crippen LogP contribution in [0.5, 0.6) is 5.75 Å². The topological polar surface area (TPSA) is 76.9 Å². The Labute approximate surface area is 212 Å². The van der Waals surface area contributed by atoms with Crippen LogP contribution in [0.1, 0.15) is 62.1 Å². The fourth-order valence-corrected chi connectivity index (χ4v) is 5.00. The van der Waals surface area contributed by atoms with Gasteiger partial charge in [0, 0.05) is 44.6 Å². The number of hydrogen-bond acceptors (Lipinski definition) is 5. The van der Waals surface area contributed by atoms with Crippen LogP contribution in [0, 0.1) is 11.2 Å². The van der Waals surface area contributed by atoms with Crippen molar-refractivity contribution in [1.82, 2.24) is 19.6 Å². The maximum atomic E-state index is 13.7. The second-order valence-corrected chi connectivity index (χ2v) is 10.2. The molecule has 2 amide bonds. The first kappa shape index (κ1) is 26.1. The van der Waals surface area contributed by atoms with Crippen molar-refractivity contribution in [3.05, 3.63) is 47.5 Å². The van der Waals surface area contributed by atoms with E-state index in [2.05, 4.69) is 18.9 Å². The molecule has 36 heavy (non-hydrogen) atoms. The van der Waals surface area contributed by atoms with Crippen molar-refractivity contribution >= 4 is 11.8 Å². The van der Waals surface area contributed by atoms with Crippen LogP contribution >= 0.6 is 0 Å². The number of aryl methyl sites for hydroxylation is 1. The first-order valence-corrected chi connectivity index (χ1v) is 12.9. The zero-order chi connectivity index (χ0) is 25.7. The van der Waals surface area contributed by atoms with Crippen molar-refractivity contribution < 1.29 is 23.5 Å². The first-order valence-electron chi connectivity index (χ1n) is 12.9. The molecular formula is C27H37FN4O4. The fourth-order valence-electron chi connectivity index (χ4n) is 5.00. The summed E-state index contributed by atoms with van der Waals surface area (Å²) in [7, 11) is 0. The minimum atomic E-state index is -0.546. The third-order valence-corrected chi connectivity index (χ3v) is 7.11. The van der Waals surface area contributed by atoms with Crippen molar-refractivity contribution in [3.8, 4) is 5.75 Å². The Kier molecular flexibility index (Phi) is 8.28. The van der Waals surface area contributed by atoms with E-state index in [0.717, 1.165) is 18.5 Å². The van der Waals surface area contributed by atoms with Gasteiger partial charge in [0.25, 0.3) is 5.91 Å². The molecule has 8 nitrogen and oxygen atoms in total. The van der Waals surface area contributed by atoms with Gasteiger partial charge in [0.15, 0.2) is 0 Å². The Morgan fingerprint density at radius 3 is 2.53 bits per heavy atom. The van der Waals surface area contributed by atoms with E-state index in [9.17, 15) is 14.0 Å². The van der Waals surface area contributed by atoms with Gasteiger partial charge < -0.3 is 19.3 Å². The number of halogens is 1. The number of piperidine rings is 1. The number of carbonyl (C=O) groups is 2. The predicted molar refractivity (Wildman–Crippen MR) is 133 cm³/mol. The third kappa shape index (κ3) is 6.06. The molecule has 3 heterocycles. The molecule has 0 N–H and O–H groups in total. The van der Waals surface area contributed by atoms with Gasteiger partial charge in [0.1, 0.15) is 17.3 Å². The summed E-state index contributed by atoms with van der Waals surface area (Å²) in [6, 6.07) is 7.78. The maximum absolute atomic E-state index is 13.7. The van der Waals surface area contributed by atoms with Gasteiger partial charge in [-0.05, 0) is 56.0 Å². The molecule has 1 aromatic heterocycles. The maximum Gasteiger partial charge on any atom is 0.272 e. The first-order chi connectivity index (χ1) is 17.3. The molecule has 2 saturated heterocycles. The molecule has 2 aliphatic heterocycles. The summed E-state index contributed by atoms with van der Waals surface area (Å²) in [5, 5.41) is 4.61. The minimum absolute atomic E-state index is 0.0519. The Balaban J connectivity index is 1.56. The van der Waals surface area contributed by atoms with Gasteiger partial charge in [0.2, 0.25) is 5.91 Å². The SMILES string of the molecule is CCn1nc(C(C)C)cc1C(=O)N1CCC[C@](COc2ccc(F)cc2)(CC(=O)N2CCOCC2)C1. The predicted octanol–water partition coefficient (Wildman–Crippen LogP) is 3.72. The zero-order valence-electron chi connectivity index (χ0n) is 21.5. The summed E-state index contributed by atoms with van der Waals surface area (Å²) in [6.07, 6.45) is 1.81. The molecule has 9 heteroatoms. The van der Waals surface area contributed by atoms with Crippen LogP contribution < -0.4 is 4.74 Å². The van der Waals surface area contributed by atoms with Gasteiger partial charge >= 0.3 is 0 Å². The van der Waals surface area contributed by atoms with Crippen molar-refractivity contribution in [1.29, 1.82) is 0 Å². The lowest BCUT2D eigenvalue weighted by Crippen LogP contribution is -2.52. The third-order valence-electron chi connectivity index (χ3n) is 7.11. The second kappa shape index (κ2) is 11.4. The van der Waals surface area contributed by atoms with Crippen LogP contribution in [0.25, 0.3) is 0 Å². The highest BCUT2D eigenvalue weighted by atomic mass is 19.1. The van der Waals surface area contributed by atoms with Crippen molar-refractivity contribution in [2.75, 3.05) is 46.0 Å². The second-order valence-electron chi connectivity index (χ2n) is 10.2. The van der Waals surface area contributed by atoms with Crippen LogP contribution in [-0.4, -0.2) is 77.4 Å². The van der Waals surface area contributed by atoms with Crippen molar-refractivity contribution in [2.45, 2.75) is 52.5 Å². The van der Waals surface area contributed by atoms with Crippen LogP contribution in [0.2, 0.25) is 0 Å². The van der Waals surface area contributed by atoms with E-state index in [1.807, 2.05) is 22.8 Å². The van der Waals surface area contributed by atoms with Gasteiger partial charge in [-0.25, -0.2) is 4.39 Å². The number of rotatable bonds is 8. The number of nitrogens with zero attached hydrogens (tertiary/aromatic N) is 4. The number of aromatic nitrogens is 2. The summed E-state index contributed by atoms with van der Waals surface area (Å²) >= 11 is 0. The summed E-state index contributed by atoms with van der Waals surface area (Å²) in [6.45, 7) is 10.2.